The highest BCUT2D eigenvalue weighted by molar-refractivity contribution is 7.10. The molecule has 0 fully saturated rings. The van der Waals surface area contributed by atoms with E-state index in [1.54, 1.807) is 6.20 Å². The quantitative estimate of drug-likeness (QED) is 0.225. The van der Waals surface area contributed by atoms with Gasteiger partial charge in [0.1, 0.15) is 0 Å². The van der Waals surface area contributed by atoms with Gasteiger partial charge in [-0.3, -0.25) is 0 Å². The first-order valence-electron chi connectivity index (χ1n) is 3.32. The van der Waals surface area contributed by atoms with E-state index in [1.807, 2.05) is 5.38 Å². The molecule has 0 aromatic carbocycles. The number of nitrogens with zero attached hydrogens (tertiary/aromatic N) is 4. The molecule has 12 heavy (non-hydrogen) atoms. The van der Waals surface area contributed by atoms with Gasteiger partial charge in [0, 0.05) is 29.5 Å². The van der Waals surface area contributed by atoms with Crippen molar-refractivity contribution in [3.63, 3.8) is 0 Å². The van der Waals surface area contributed by atoms with Crippen molar-refractivity contribution in [2.24, 2.45) is 5.11 Å². The van der Waals surface area contributed by atoms with Crippen LogP contribution in [0.4, 0.5) is 0 Å². The van der Waals surface area contributed by atoms with E-state index < -0.39 is 0 Å². The lowest BCUT2D eigenvalue weighted by molar-refractivity contribution is 1.01. The molecule has 5 heteroatoms. The summed E-state index contributed by atoms with van der Waals surface area (Å²) in [5.41, 5.74) is 7.95. The average molecular weight is 178 g/mol. The van der Waals surface area contributed by atoms with Gasteiger partial charge < -0.3 is 0 Å². The molecule has 0 aliphatic carbocycles. The van der Waals surface area contributed by atoms with Crippen LogP contribution in [0.25, 0.3) is 10.4 Å². The molecule has 1 heterocycles. The smallest absolute Gasteiger partial charge is 0.166 e. The molecule has 0 saturated carbocycles. The molecule has 0 saturated heterocycles. The van der Waals surface area contributed by atoms with Gasteiger partial charge in [0.15, 0.2) is 5.01 Å². The SMILES string of the molecule is [N-]=[N+]=NCCC#Cc1nccs1. The van der Waals surface area contributed by atoms with Gasteiger partial charge in [0.25, 0.3) is 0 Å². The fourth-order valence-electron chi connectivity index (χ4n) is 0.574. The maximum atomic E-state index is 7.95. The first-order chi connectivity index (χ1) is 5.93. The molecular weight excluding hydrogens is 172 g/mol. The molecule has 0 N–H and O–H groups in total. The molecule has 0 radical (unpaired) electrons. The van der Waals surface area contributed by atoms with E-state index in [0.29, 0.717) is 13.0 Å². The summed E-state index contributed by atoms with van der Waals surface area (Å²) in [5.74, 6) is 5.71. The fourth-order valence-corrected chi connectivity index (χ4v) is 1.08. The van der Waals surface area contributed by atoms with Gasteiger partial charge in [-0.1, -0.05) is 11.0 Å². The monoisotopic (exact) mass is 178 g/mol. The van der Waals surface area contributed by atoms with Crippen molar-refractivity contribution in [3.8, 4) is 11.8 Å². The van der Waals surface area contributed by atoms with E-state index in [9.17, 15) is 0 Å². The highest BCUT2D eigenvalue weighted by Crippen LogP contribution is 2.00. The summed E-state index contributed by atoms with van der Waals surface area (Å²) in [7, 11) is 0. The Kier molecular flexibility index (Phi) is 3.72. The van der Waals surface area contributed by atoms with Gasteiger partial charge in [-0.05, 0) is 11.5 Å². The van der Waals surface area contributed by atoms with E-state index in [-0.39, 0.29) is 0 Å². The topological polar surface area (TPSA) is 61.7 Å². The molecule has 1 rings (SSSR count). The van der Waals surface area contributed by atoms with Crippen molar-refractivity contribution in [3.05, 3.63) is 27.0 Å². The van der Waals surface area contributed by atoms with Gasteiger partial charge in [0.05, 0.1) is 0 Å². The summed E-state index contributed by atoms with van der Waals surface area (Å²) < 4.78 is 0. The predicted octanol–water partition coefficient (Wildman–Crippen LogP) is 2.20. The molecule has 1 aromatic rings. The minimum Gasteiger partial charge on any atom is -0.236 e. The third kappa shape index (κ3) is 3.06. The van der Waals surface area contributed by atoms with Crippen molar-refractivity contribution in [2.75, 3.05) is 6.54 Å². The normalized spacial score (nSPS) is 8.00. The number of thiazole rings is 1. The summed E-state index contributed by atoms with van der Waals surface area (Å²) >= 11 is 1.50. The van der Waals surface area contributed by atoms with Crippen LogP contribution in [0.2, 0.25) is 0 Å². The van der Waals surface area contributed by atoms with E-state index in [2.05, 4.69) is 26.9 Å². The van der Waals surface area contributed by atoms with Crippen LogP contribution in [0.5, 0.6) is 0 Å². The molecule has 0 bridgehead atoms. The number of rotatable bonds is 2. The van der Waals surface area contributed by atoms with Gasteiger partial charge in [-0.15, -0.1) is 11.3 Å². The second-order valence-electron chi connectivity index (χ2n) is 1.84. The Morgan fingerprint density at radius 2 is 2.67 bits per heavy atom. The lowest BCUT2D eigenvalue weighted by atomic mass is 10.4. The van der Waals surface area contributed by atoms with E-state index >= 15 is 0 Å². The van der Waals surface area contributed by atoms with Crippen molar-refractivity contribution in [2.45, 2.75) is 6.42 Å². The molecule has 0 aliphatic heterocycles. The van der Waals surface area contributed by atoms with Crippen LogP contribution in [0.1, 0.15) is 11.4 Å². The number of aromatic nitrogens is 1. The largest absolute Gasteiger partial charge is 0.236 e. The lowest BCUT2D eigenvalue weighted by Gasteiger charge is -1.77. The standard InChI is InChI=1S/C7H6N4S/c8-11-10-4-2-1-3-7-9-5-6-12-7/h5-6H,2,4H2. The van der Waals surface area contributed by atoms with Crippen molar-refractivity contribution < 1.29 is 0 Å². The Bertz CT molecular complexity index is 326. The minimum atomic E-state index is 0.425. The summed E-state index contributed by atoms with van der Waals surface area (Å²) in [6.45, 7) is 0.425. The molecule has 0 unspecified atom stereocenters. The Labute approximate surface area is 73.9 Å². The first kappa shape index (κ1) is 8.60. The zero-order chi connectivity index (χ0) is 8.65. The summed E-state index contributed by atoms with van der Waals surface area (Å²) in [6, 6.07) is 0. The Balaban J connectivity index is 2.35. The summed E-state index contributed by atoms with van der Waals surface area (Å²) in [5, 5.41) is 6.03. The molecule has 0 aliphatic rings. The van der Waals surface area contributed by atoms with Crippen LogP contribution in [0.3, 0.4) is 0 Å². The molecule has 1 aromatic heterocycles. The maximum absolute atomic E-state index is 7.95. The molecule has 0 spiro atoms. The van der Waals surface area contributed by atoms with E-state index in [4.69, 9.17) is 5.53 Å². The molecule has 0 atom stereocenters. The second-order valence-corrected chi connectivity index (χ2v) is 2.74. The summed E-state index contributed by atoms with van der Waals surface area (Å²) in [6.07, 6.45) is 2.30. The van der Waals surface area contributed by atoms with E-state index in [1.165, 1.54) is 11.3 Å². The lowest BCUT2D eigenvalue weighted by Crippen LogP contribution is -1.73. The Morgan fingerprint density at radius 3 is 3.33 bits per heavy atom. The molecule has 4 nitrogen and oxygen atoms in total. The van der Waals surface area contributed by atoms with Crippen LogP contribution in [-0.2, 0) is 0 Å². The maximum Gasteiger partial charge on any atom is 0.166 e. The molecule has 60 valence electrons. The van der Waals surface area contributed by atoms with Gasteiger partial charge in [0.2, 0.25) is 0 Å². The third-order valence-corrected chi connectivity index (χ3v) is 1.72. The summed E-state index contributed by atoms with van der Waals surface area (Å²) in [4.78, 5) is 6.59. The minimum absolute atomic E-state index is 0.425. The fraction of sp³-hybridized carbons (Fsp3) is 0.286. The average Bonchev–Trinajstić information content (AvgIpc) is 2.57. The highest BCUT2D eigenvalue weighted by atomic mass is 32.1. The second kappa shape index (κ2) is 5.19. The Hall–Kier alpha value is -1.50. The van der Waals surface area contributed by atoms with Crippen LogP contribution in [-0.4, -0.2) is 11.5 Å². The van der Waals surface area contributed by atoms with Crippen molar-refractivity contribution >= 4 is 11.3 Å². The highest BCUT2D eigenvalue weighted by Gasteiger charge is 1.84. The van der Waals surface area contributed by atoms with Crippen LogP contribution >= 0.6 is 11.3 Å². The van der Waals surface area contributed by atoms with Gasteiger partial charge in [-0.25, -0.2) is 4.98 Å². The van der Waals surface area contributed by atoms with Crippen LogP contribution in [0.15, 0.2) is 16.7 Å². The molecule has 0 amide bonds. The first-order valence-corrected chi connectivity index (χ1v) is 4.20. The third-order valence-electron chi connectivity index (χ3n) is 1.03. The van der Waals surface area contributed by atoms with Crippen molar-refractivity contribution in [1.29, 1.82) is 0 Å². The zero-order valence-corrected chi connectivity index (χ0v) is 7.08. The van der Waals surface area contributed by atoms with Gasteiger partial charge >= 0.3 is 0 Å². The van der Waals surface area contributed by atoms with Crippen LogP contribution in [0, 0.1) is 11.8 Å². The number of azide groups is 1. The van der Waals surface area contributed by atoms with Gasteiger partial charge in [-0.2, -0.15) is 0 Å². The Morgan fingerprint density at radius 1 is 1.75 bits per heavy atom. The predicted molar refractivity (Wildman–Crippen MR) is 47.6 cm³/mol. The zero-order valence-electron chi connectivity index (χ0n) is 6.27. The van der Waals surface area contributed by atoms with Crippen molar-refractivity contribution in [1.82, 2.24) is 4.98 Å². The number of hydrogen-bond acceptors (Lipinski definition) is 3. The van der Waals surface area contributed by atoms with Crippen LogP contribution < -0.4 is 0 Å². The van der Waals surface area contributed by atoms with E-state index in [0.717, 1.165) is 5.01 Å². The number of hydrogen-bond donors (Lipinski definition) is 0. The molecular formula is C7H6N4S.